The number of carbonyl (C=O) groups excluding carboxylic acids is 1. The van der Waals surface area contributed by atoms with Crippen LogP contribution in [0.3, 0.4) is 0 Å². The SMILES string of the molecule is Cc1cccc(CCN2CCN(CC(=O)N3CC(C)CC(C)C3)CC2)n1. The molecule has 0 aromatic carbocycles. The normalized spacial score (nSPS) is 25.4. The van der Waals surface area contributed by atoms with Crippen LogP contribution in [0.5, 0.6) is 0 Å². The van der Waals surface area contributed by atoms with Crippen LogP contribution in [0, 0.1) is 18.8 Å². The Labute approximate surface area is 158 Å². The van der Waals surface area contributed by atoms with Crippen molar-refractivity contribution in [1.82, 2.24) is 19.7 Å². The first kappa shape index (κ1) is 19.3. The Morgan fingerprint density at radius 1 is 1.08 bits per heavy atom. The van der Waals surface area contributed by atoms with Gasteiger partial charge in [-0.1, -0.05) is 19.9 Å². The summed E-state index contributed by atoms with van der Waals surface area (Å²) in [6, 6.07) is 6.25. The van der Waals surface area contributed by atoms with Crippen molar-refractivity contribution in [1.29, 1.82) is 0 Å². The van der Waals surface area contributed by atoms with Crippen molar-refractivity contribution in [2.45, 2.75) is 33.6 Å². The molecule has 2 atom stereocenters. The second-order valence-electron chi connectivity index (χ2n) is 8.38. The predicted octanol–water partition coefficient (Wildman–Crippen LogP) is 2.05. The molecule has 1 aromatic heterocycles. The number of likely N-dealkylation sites (tertiary alicyclic amines) is 1. The molecule has 26 heavy (non-hydrogen) atoms. The lowest BCUT2D eigenvalue weighted by atomic mass is 9.92. The molecule has 2 fully saturated rings. The van der Waals surface area contributed by atoms with E-state index in [-0.39, 0.29) is 0 Å². The fourth-order valence-corrected chi connectivity index (χ4v) is 4.34. The molecule has 1 amide bonds. The van der Waals surface area contributed by atoms with Gasteiger partial charge in [0.15, 0.2) is 0 Å². The number of aryl methyl sites for hydroxylation is 1. The number of piperazine rings is 1. The van der Waals surface area contributed by atoms with Crippen LogP contribution >= 0.6 is 0 Å². The summed E-state index contributed by atoms with van der Waals surface area (Å²) >= 11 is 0. The van der Waals surface area contributed by atoms with Gasteiger partial charge in [-0.3, -0.25) is 14.7 Å². The molecule has 0 saturated carbocycles. The molecule has 0 bridgehead atoms. The summed E-state index contributed by atoms with van der Waals surface area (Å²) in [7, 11) is 0. The number of aromatic nitrogens is 1. The zero-order valence-corrected chi connectivity index (χ0v) is 16.7. The fourth-order valence-electron chi connectivity index (χ4n) is 4.34. The van der Waals surface area contributed by atoms with Crippen molar-refractivity contribution in [3.8, 4) is 0 Å². The van der Waals surface area contributed by atoms with E-state index in [1.807, 2.05) is 13.0 Å². The highest BCUT2D eigenvalue weighted by atomic mass is 16.2. The van der Waals surface area contributed by atoms with E-state index in [1.165, 1.54) is 12.1 Å². The third-order valence-electron chi connectivity index (χ3n) is 5.68. The van der Waals surface area contributed by atoms with E-state index in [4.69, 9.17) is 0 Å². The Morgan fingerprint density at radius 3 is 2.38 bits per heavy atom. The zero-order chi connectivity index (χ0) is 18.5. The van der Waals surface area contributed by atoms with Gasteiger partial charge in [-0.25, -0.2) is 0 Å². The van der Waals surface area contributed by atoms with Crippen molar-refractivity contribution in [3.63, 3.8) is 0 Å². The zero-order valence-electron chi connectivity index (χ0n) is 16.7. The van der Waals surface area contributed by atoms with Crippen LogP contribution in [0.4, 0.5) is 0 Å². The first-order valence-electron chi connectivity index (χ1n) is 10.1. The molecule has 2 unspecified atom stereocenters. The van der Waals surface area contributed by atoms with Gasteiger partial charge in [0.1, 0.15) is 0 Å². The molecule has 0 N–H and O–H groups in total. The molecular formula is C21H34N4O. The smallest absolute Gasteiger partial charge is 0.236 e. The Kier molecular flexibility index (Phi) is 6.65. The Balaban J connectivity index is 1.39. The minimum absolute atomic E-state index is 0.320. The third-order valence-corrected chi connectivity index (χ3v) is 5.68. The monoisotopic (exact) mass is 358 g/mol. The van der Waals surface area contributed by atoms with E-state index in [0.717, 1.165) is 57.9 Å². The Morgan fingerprint density at radius 2 is 1.73 bits per heavy atom. The summed E-state index contributed by atoms with van der Waals surface area (Å²) in [5, 5.41) is 0. The van der Waals surface area contributed by atoms with Crippen LogP contribution in [0.1, 0.15) is 31.7 Å². The number of piperidine rings is 1. The first-order chi connectivity index (χ1) is 12.5. The van der Waals surface area contributed by atoms with Gasteiger partial charge in [-0.2, -0.15) is 0 Å². The van der Waals surface area contributed by atoms with Crippen molar-refractivity contribution in [2.75, 3.05) is 52.4 Å². The molecule has 0 spiro atoms. The average molecular weight is 359 g/mol. The highest BCUT2D eigenvalue weighted by molar-refractivity contribution is 5.78. The summed E-state index contributed by atoms with van der Waals surface area (Å²) in [4.78, 5) is 24.1. The van der Waals surface area contributed by atoms with Crippen molar-refractivity contribution in [3.05, 3.63) is 29.6 Å². The van der Waals surface area contributed by atoms with Gasteiger partial charge in [-0.05, 0) is 37.3 Å². The maximum atomic E-state index is 12.6. The maximum Gasteiger partial charge on any atom is 0.236 e. The van der Waals surface area contributed by atoms with Gasteiger partial charge in [-0.15, -0.1) is 0 Å². The lowest BCUT2D eigenvalue weighted by Gasteiger charge is -2.38. The van der Waals surface area contributed by atoms with Crippen molar-refractivity contribution >= 4 is 5.91 Å². The highest BCUT2D eigenvalue weighted by Gasteiger charge is 2.27. The van der Waals surface area contributed by atoms with Gasteiger partial charge in [0.05, 0.1) is 6.54 Å². The van der Waals surface area contributed by atoms with Gasteiger partial charge < -0.3 is 9.80 Å². The summed E-state index contributed by atoms with van der Waals surface area (Å²) in [5.74, 6) is 1.59. The average Bonchev–Trinajstić information content (AvgIpc) is 2.60. The maximum absolute atomic E-state index is 12.6. The number of hydrogen-bond acceptors (Lipinski definition) is 4. The van der Waals surface area contributed by atoms with E-state index in [1.54, 1.807) is 0 Å². The molecule has 144 valence electrons. The Hall–Kier alpha value is -1.46. The van der Waals surface area contributed by atoms with Crippen LogP contribution < -0.4 is 0 Å². The molecule has 0 radical (unpaired) electrons. The van der Waals surface area contributed by atoms with Gasteiger partial charge in [0, 0.05) is 63.6 Å². The van der Waals surface area contributed by atoms with E-state index in [2.05, 4.69) is 45.7 Å². The predicted molar refractivity (Wildman–Crippen MR) is 105 cm³/mol. The molecule has 5 nitrogen and oxygen atoms in total. The largest absolute Gasteiger partial charge is 0.341 e. The molecule has 3 rings (SSSR count). The van der Waals surface area contributed by atoms with E-state index < -0.39 is 0 Å². The standard InChI is InChI=1S/C21H34N4O/c1-17-13-18(2)15-25(14-17)21(26)16-24-11-9-23(10-12-24)8-7-20-6-4-5-19(3)22-20/h4-6,17-18H,7-16H2,1-3H3. The molecule has 2 saturated heterocycles. The van der Waals surface area contributed by atoms with Crippen LogP contribution in [-0.2, 0) is 11.2 Å². The minimum Gasteiger partial charge on any atom is -0.341 e. The number of carbonyl (C=O) groups is 1. The lowest BCUT2D eigenvalue weighted by Crippen LogP contribution is -2.52. The van der Waals surface area contributed by atoms with Gasteiger partial charge in [0.25, 0.3) is 0 Å². The molecule has 0 aliphatic carbocycles. The summed E-state index contributed by atoms with van der Waals surface area (Å²) < 4.78 is 0. The summed E-state index contributed by atoms with van der Waals surface area (Å²) in [6.07, 6.45) is 2.25. The molecule has 3 heterocycles. The highest BCUT2D eigenvalue weighted by Crippen LogP contribution is 2.21. The molecule has 5 heteroatoms. The topological polar surface area (TPSA) is 39.7 Å². The number of amides is 1. The lowest BCUT2D eigenvalue weighted by molar-refractivity contribution is -0.135. The van der Waals surface area contributed by atoms with E-state index in [0.29, 0.717) is 24.3 Å². The molecule has 1 aromatic rings. The number of hydrogen-bond donors (Lipinski definition) is 0. The fraction of sp³-hybridized carbons (Fsp3) is 0.714. The molecular weight excluding hydrogens is 324 g/mol. The van der Waals surface area contributed by atoms with Crippen LogP contribution in [0.2, 0.25) is 0 Å². The van der Waals surface area contributed by atoms with Crippen molar-refractivity contribution in [2.24, 2.45) is 11.8 Å². The van der Waals surface area contributed by atoms with Gasteiger partial charge in [0.2, 0.25) is 5.91 Å². The van der Waals surface area contributed by atoms with E-state index >= 15 is 0 Å². The first-order valence-corrected chi connectivity index (χ1v) is 10.1. The van der Waals surface area contributed by atoms with Crippen molar-refractivity contribution < 1.29 is 4.79 Å². The van der Waals surface area contributed by atoms with Crippen LogP contribution in [0.15, 0.2) is 18.2 Å². The van der Waals surface area contributed by atoms with E-state index in [9.17, 15) is 4.79 Å². The quantitative estimate of drug-likeness (QED) is 0.808. The summed E-state index contributed by atoms with van der Waals surface area (Å²) in [5.41, 5.74) is 2.27. The molecule has 2 aliphatic rings. The number of rotatable bonds is 5. The number of nitrogens with zero attached hydrogens (tertiary/aromatic N) is 4. The third kappa shape index (κ3) is 5.52. The minimum atomic E-state index is 0.320. The van der Waals surface area contributed by atoms with Crippen LogP contribution in [-0.4, -0.2) is 77.9 Å². The number of pyridine rings is 1. The van der Waals surface area contributed by atoms with Crippen LogP contribution in [0.25, 0.3) is 0 Å². The second-order valence-corrected chi connectivity index (χ2v) is 8.38. The summed E-state index contributed by atoms with van der Waals surface area (Å²) in [6.45, 7) is 14.2. The molecule has 2 aliphatic heterocycles. The second kappa shape index (κ2) is 8.96. The Bertz CT molecular complexity index is 587. The van der Waals surface area contributed by atoms with Gasteiger partial charge >= 0.3 is 0 Å².